The lowest BCUT2D eigenvalue weighted by molar-refractivity contribution is 0.294. The fourth-order valence-electron chi connectivity index (χ4n) is 3.46. The minimum atomic E-state index is 0.733. The fraction of sp³-hybridized carbons (Fsp3) is 0.684. The van der Waals surface area contributed by atoms with E-state index in [1.807, 2.05) is 0 Å². The number of nitrogens with one attached hydrogen (secondary N) is 1. The second-order valence-corrected chi connectivity index (χ2v) is 6.40. The highest BCUT2D eigenvalue weighted by Crippen LogP contribution is 2.28. The standard InChI is InChI=1S/C19H32N2/c1-4-16-11-12-19(13-16)20-14-17-9-7-8-10-18(17)15-21(5-2)6-3/h7-10,16,19-20H,4-6,11-15H2,1-3H3. The van der Waals surface area contributed by atoms with Crippen LogP contribution in [0, 0.1) is 5.92 Å². The van der Waals surface area contributed by atoms with Gasteiger partial charge in [0.2, 0.25) is 0 Å². The minimum Gasteiger partial charge on any atom is -0.310 e. The van der Waals surface area contributed by atoms with Crippen LogP contribution in [0.15, 0.2) is 24.3 Å². The summed E-state index contributed by atoms with van der Waals surface area (Å²) >= 11 is 0. The molecule has 0 amide bonds. The van der Waals surface area contributed by atoms with E-state index in [-0.39, 0.29) is 0 Å². The van der Waals surface area contributed by atoms with Crippen LogP contribution in [0.3, 0.4) is 0 Å². The average Bonchev–Trinajstić information content (AvgIpc) is 2.99. The van der Waals surface area contributed by atoms with Crippen LogP contribution in [0.4, 0.5) is 0 Å². The molecule has 2 heteroatoms. The number of nitrogens with zero attached hydrogens (tertiary/aromatic N) is 1. The van der Waals surface area contributed by atoms with Gasteiger partial charge in [-0.05, 0) is 49.4 Å². The van der Waals surface area contributed by atoms with Crippen molar-refractivity contribution in [3.05, 3.63) is 35.4 Å². The van der Waals surface area contributed by atoms with Gasteiger partial charge in [0, 0.05) is 19.1 Å². The minimum absolute atomic E-state index is 0.733. The second-order valence-electron chi connectivity index (χ2n) is 6.40. The zero-order valence-electron chi connectivity index (χ0n) is 14.1. The molecule has 118 valence electrons. The van der Waals surface area contributed by atoms with E-state index >= 15 is 0 Å². The fourth-order valence-corrected chi connectivity index (χ4v) is 3.46. The SMILES string of the molecule is CCC1CCC(NCc2ccccc2CN(CC)CC)C1. The summed E-state index contributed by atoms with van der Waals surface area (Å²) in [5.74, 6) is 0.952. The van der Waals surface area contributed by atoms with Crippen molar-refractivity contribution in [2.45, 2.75) is 65.6 Å². The van der Waals surface area contributed by atoms with Crippen LogP contribution in [0.2, 0.25) is 0 Å². The van der Waals surface area contributed by atoms with Crippen molar-refractivity contribution in [1.82, 2.24) is 10.2 Å². The lowest BCUT2D eigenvalue weighted by atomic mass is 10.0. The van der Waals surface area contributed by atoms with Gasteiger partial charge in [0.15, 0.2) is 0 Å². The first-order chi connectivity index (χ1) is 10.3. The average molecular weight is 288 g/mol. The molecule has 0 heterocycles. The Hall–Kier alpha value is -0.860. The largest absolute Gasteiger partial charge is 0.310 e. The molecule has 21 heavy (non-hydrogen) atoms. The van der Waals surface area contributed by atoms with Gasteiger partial charge in [-0.25, -0.2) is 0 Å². The van der Waals surface area contributed by atoms with E-state index < -0.39 is 0 Å². The number of hydrogen-bond acceptors (Lipinski definition) is 2. The predicted octanol–water partition coefficient (Wildman–Crippen LogP) is 4.20. The maximum absolute atomic E-state index is 3.79. The Bertz CT molecular complexity index is 412. The summed E-state index contributed by atoms with van der Waals surface area (Å²) in [6.45, 7) is 11.2. The highest BCUT2D eigenvalue weighted by atomic mass is 15.1. The van der Waals surface area contributed by atoms with Crippen LogP contribution in [0.5, 0.6) is 0 Å². The highest BCUT2D eigenvalue weighted by molar-refractivity contribution is 5.27. The first kappa shape index (κ1) is 16.5. The molecule has 1 aromatic carbocycles. The Kier molecular flexibility index (Phi) is 6.72. The third-order valence-electron chi connectivity index (χ3n) is 5.11. The Morgan fingerprint density at radius 3 is 2.38 bits per heavy atom. The summed E-state index contributed by atoms with van der Waals surface area (Å²) in [4.78, 5) is 2.49. The molecule has 1 fully saturated rings. The molecule has 0 aliphatic heterocycles. The predicted molar refractivity (Wildman–Crippen MR) is 91.3 cm³/mol. The maximum atomic E-state index is 3.79. The quantitative estimate of drug-likeness (QED) is 0.771. The van der Waals surface area contributed by atoms with Crippen molar-refractivity contribution in [1.29, 1.82) is 0 Å². The summed E-state index contributed by atoms with van der Waals surface area (Å²) in [5, 5.41) is 3.79. The molecular formula is C19H32N2. The number of hydrogen-bond donors (Lipinski definition) is 1. The van der Waals surface area contributed by atoms with Gasteiger partial charge in [-0.1, -0.05) is 51.5 Å². The molecule has 2 atom stereocenters. The van der Waals surface area contributed by atoms with E-state index in [4.69, 9.17) is 0 Å². The molecule has 2 rings (SSSR count). The van der Waals surface area contributed by atoms with Gasteiger partial charge >= 0.3 is 0 Å². The van der Waals surface area contributed by atoms with Crippen molar-refractivity contribution in [3.63, 3.8) is 0 Å². The van der Waals surface area contributed by atoms with Crippen LogP contribution in [0.1, 0.15) is 57.6 Å². The van der Waals surface area contributed by atoms with Gasteiger partial charge in [-0.2, -0.15) is 0 Å². The molecule has 2 unspecified atom stereocenters. The summed E-state index contributed by atoms with van der Waals surface area (Å²) in [5.41, 5.74) is 2.96. The Labute approximate surface area is 130 Å². The molecule has 2 nitrogen and oxygen atoms in total. The molecule has 1 N–H and O–H groups in total. The van der Waals surface area contributed by atoms with E-state index in [1.165, 1.54) is 36.8 Å². The summed E-state index contributed by atoms with van der Waals surface area (Å²) in [7, 11) is 0. The molecule has 1 saturated carbocycles. The van der Waals surface area contributed by atoms with E-state index in [0.29, 0.717) is 0 Å². The highest BCUT2D eigenvalue weighted by Gasteiger charge is 2.22. The second kappa shape index (κ2) is 8.55. The van der Waals surface area contributed by atoms with Gasteiger partial charge in [-0.3, -0.25) is 4.90 Å². The van der Waals surface area contributed by atoms with E-state index in [1.54, 1.807) is 0 Å². The van der Waals surface area contributed by atoms with Crippen molar-refractivity contribution in [2.24, 2.45) is 5.92 Å². The molecule has 0 spiro atoms. The zero-order chi connectivity index (χ0) is 15.1. The monoisotopic (exact) mass is 288 g/mol. The van der Waals surface area contributed by atoms with E-state index in [0.717, 1.165) is 38.1 Å². The van der Waals surface area contributed by atoms with Crippen molar-refractivity contribution >= 4 is 0 Å². The number of rotatable bonds is 8. The summed E-state index contributed by atoms with van der Waals surface area (Å²) < 4.78 is 0. The molecule has 0 aromatic heterocycles. The first-order valence-electron chi connectivity index (χ1n) is 8.79. The normalized spacial score (nSPS) is 22.1. The first-order valence-corrected chi connectivity index (χ1v) is 8.79. The van der Waals surface area contributed by atoms with E-state index in [2.05, 4.69) is 55.3 Å². The van der Waals surface area contributed by atoms with Crippen LogP contribution >= 0.6 is 0 Å². The Morgan fingerprint density at radius 1 is 1.05 bits per heavy atom. The lowest BCUT2D eigenvalue weighted by Crippen LogP contribution is -2.27. The molecule has 1 aliphatic rings. The van der Waals surface area contributed by atoms with Gasteiger partial charge in [0.05, 0.1) is 0 Å². The molecular weight excluding hydrogens is 256 g/mol. The van der Waals surface area contributed by atoms with Gasteiger partial charge in [0.1, 0.15) is 0 Å². The topological polar surface area (TPSA) is 15.3 Å². The van der Waals surface area contributed by atoms with Crippen LogP contribution in [-0.4, -0.2) is 24.0 Å². The van der Waals surface area contributed by atoms with Crippen molar-refractivity contribution in [2.75, 3.05) is 13.1 Å². The Morgan fingerprint density at radius 2 is 1.76 bits per heavy atom. The molecule has 1 aromatic rings. The Balaban J connectivity index is 1.91. The molecule has 0 radical (unpaired) electrons. The van der Waals surface area contributed by atoms with Crippen LogP contribution in [0.25, 0.3) is 0 Å². The van der Waals surface area contributed by atoms with Gasteiger partial charge in [-0.15, -0.1) is 0 Å². The summed E-state index contributed by atoms with van der Waals surface area (Å²) in [6, 6.07) is 9.66. The van der Waals surface area contributed by atoms with Crippen LogP contribution < -0.4 is 5.32 Å². The number of benzene rings is 1. The zero-order valence-corrected chi connectivity index (χ0v) is 14.1. The molecule has 1 aliphatic carbocycles. The van der Waals surface area contributed by atoms with Crippen molar-refractivity contribution < 1.29 is 0 Å². The molecule has 0 bridgehead atoms. The smallest absolute Gasteiger partial charge is 0.0236 e. The molecule has 0 saturated heterocycles. The van der Waals surface area contributed by atoms with Gasteiger partial charge < -0.3 is 5.32 Å². The lowest BCUT2D eigenvalue weighted by Gasteiger charge is -2.21. The van der Waals surface area contributed by atoms with Gasteiger partial charge in [0.25, 0.3) is 0 Å². The van der Waals surface area contributed by atoms with E-state index in [9.17, 15) is 0 Å². The third kappa shape index (κ3) is 4.82. The van der Waals surface area contributed by atoms with Crippen molar-refractivity contribution in [3.8, 4) is 0 Å². The summed E-state index contributed by atoms with van der Waals surface area (Å²) in [6.07, 6.45) is 5.48. The maximum Gasteiger partial charge on any atom is 0.0236 e. The third-order valence-corrected chi connectivity index (χ3v) is 5.11. The van der Waals surface area contributed by atoms with Crippen LogP contribution in [-0.2, 0) is 13.1 Å².